The summed E-state index contributed by atoms with van der Waals surface area (Å²) in [5, 5.41) is 0. The van der Waals surface area contributed by atoms with Crippen molar-refractivity contribution in [1.29, 1.82) is 0 Å². The molecule has 0 N–H and O–H groups in total. The molecule has 3 rings (SSSR count). The fraction of sp³-hybridized carbons (Fsp3) is 0.389. The standard InChI is InChI=1S/C18H22N4O/c1-3-15-18(23)21(4-2)12-13-22(15)16-10-11-19-17(20-16)14-8-6-5-7-9-14/h5-11,15H,3-4,12-13H2,1-2H3/t15-/m0/s1. The van der Waals surface area contributed by atoms with Gasteiger partial charge in [0, 0.05) is 31.4 Å². The van der Waals surface area contributed by atoms with Crippen LogP contribution in [0.5, 0.6) is 0 Å². The Morgan fingerprint density at radius 1 is 1.13 bits per heavy atom. The van der Waals surface area contributed by atoms with Gasteiger partial charge >= 0.3 is 0 Å². The lowest BCUT2D eigenvalue weighted by molar-refractivity contribution is -0.134. The van der Waals surface area contributed by atoms with Crippen molar-refractivity contribution in [3.63, 3.8) is 0 Å². The molecule has 0 radical (unpaired) electrons. The number of benzene rings is 1. The molecule has 1 aliphatic rings. The van der Waals surface area contributed by atoms with Crippen molar-refractivity contribution in [2.24, 2.45) is 0 Å². The normalized spacial score (nSPS) is 18.3. The molecular weight excluding hydrogens is 288 g/mol. The molecule has 23 heavy (non-hydrogen) atoms. The zero-order chi connectivity index (χ0) is 16.2. The fourth-order valence-corrected chi connectivity index (χ4v) is 3.06. The largest absolute Gasteiger partial charge is 0.343 e. The van der Waals surface area contributed by atoms with Crippen LogP contribution in [0.1, 0.15) is 20.3 Å². The minimum atomic E-state index is -0.137. The molecule has 1 aromatic carbocycles. The van der Waals surface area contributed by atoms with Gasteiger partial charge in [0.2, 0.25) is 5.91 Å². The highest BCUT2D eigenvalue weighted by Gasteiger charge is 2.33. The number of anilines is 1. The van der Waals surface area contributed by atoms with Crippen molar-refractivity contribution >= 4 is 11.7 Å². The molecule has 2 aromatic rings. The molecule has 1 atom stereocenters. The van der Waals surface area contributed by atoms with Gasteiger partial charge < -0.3 is 9.80 Å². The smallest absolute Gasteiger partial charge is 0.245 e. The second-order valence-corrected chi connectivity index (χ2v) is 5.64. The van der Waals surface area contributed by atoms with Crippen molar-refractivity contribution in [3.8, 4) is 11.4 Å². The summed E-state index contributed by atoms with van der Waals surface area (Å²) in [5.41, 5.74) is 0.987. The average molecular weight is 310 g/mol. The maximum Gasteiger partial charge on any atom is 0.245 e. The van der Waals surface area contributed by atoms with Gasteiger partial charge in [-0.2, -0.15) is 0 Å². The Balaban J connectivity index is 1.91. The van der Waals surface area contributed by atoms with E-state index in [1.54, 1.807) is 6.20 Å². The van der Waals surface area contributed by atoms with Gasteiger partial charge in [0.15, 0.2) is 5.82 Å². The summed E-state index contributed by atoms with van der Waals surface area (Å²) in [4.78, 5) is 25.7. The van der Waals surface area contributed by atoms with E-state index in [4.69, 9.17) is 4.98 Å². The summed E-state index contributed by atoms with van der Waals surface area (Å²) in [6.45, 7) is 6.40. The van der Waals surface area contributed by atoms with Gasteiger partial charge in [-0.25, -0.2) is 9.97 Å². The minimum Gasteiger partial charge on any atom is -0.343 e. The van der Waals surface area contributed by atoms with Crippen molar-refractivity contribution in [2.45, 2.75) is 26.3 Å². The number of nitrogens with zero attached hydrogens (tertiary/aromatic N) is 4. The summed E-state index contributed by atoms with van der Waals surface area (Å²) in [5.74, 6) is 1.72. The monoisotopic (exact) mass is 310 g/mol. The molecule has 1 saturated heterocycles. The summed E-state index contributed by atoms with van der Waals surface area (Å²) < 4.78 is 0. The highest BCUT2D eigenvalue weighted by molar-refractivity contribution is 5.86. The number of rotatable bonds is 4. The number of carbonyl (C=O) groups is 1. The van der Waals surface area contributed by atoms with Gasteiger partial charge in [0.25, 0.3) is 0 Å². The van der Waals surface area contributed by atoms with E-state index in [0.717, 1.165) is 37.4 Å². The molecule has 0 unspecified atom stereocenters. The zero-order valence-corrected chi connectivity index (χ0v) is 13.6. The molecule has 120 valence electrons. The van der Waals surface area contributed by atoms with Crippen molar-refractivity contribution in [1.82, 2.24) is 14.9 Å². The van der Waals surface area contributed by atoms with Crippen LogP contribution in [0.15, 0.2) is 42.6 Å². The van der Waals surface area contributed by atoms with Crippen LogP contribution in [-0.4, -0.2) is 46.5 Å². The van der Waals surface area contributed by atoms with Crippen LogP contribution in [0, 0.1) is 0 Å². The number of hydrogen-bond donors (Lipinski definition) is 0. The molecule has 1 aliphatic heterocycles. The molecule has 1 amide bonds. The second-order valence-electron chi connectivity index (χ2n) is 5.64. The van der Waals surface area contributed by atoms with E-state index < -0.39 is 0 Å². The Hall–Kier alpha value is -2.43. The van der Waals surface area contributed by atoms with E-state index in [9.17, 15) is 4.79 Å². The van der Waals surface area contributed by atoms with E-state index in [2.05, 4.69) is 9.88 Å². The molecule has 0 saturated carbocycles. The van der Waals surface area contributed by atoms with E-state index >= 15 is 0 Å². The molecule has 5 heteroatoms. The summed E-state index contributed by atoms with van der Waals surface area (Å²) in [6.07, 6.45) is 2.55. The SMILES string of the molecule is CC[C@H]1C(=O)N(CC)CCN1c1ccnc(-c2ccccc2)n1. The van der Waals surface area contributed by atoms with Crippen LogP contribution in [0.3, 0.4) is 0 Å². The first-order valence-electron chi connectivity index (χ1n) is 8.18. The lowest BCUT2D eigenvalue weighted by Crippen LogP contribution is -2.57. The Morgan fingerprint density at radius 2 is 1.91 bits per heavy atom. The lowest BCUT2D eigenvalue weighted by atomic mass is 10.1. The number of likely N-dealkylation sites (N-methyl/N-ethyl adjacent to an activating group) is 1. The average Bonchev–Trinajstić information content (AvgIpc) is 2.62. The first-order chi connectivity index (χ1) is 11.2. The van der Waals surface area contributed by atoms with Crippen LogP contribution in [-0.2, 0) is 4.79 Å². The number of hydrogen-bond acceptors (Lipinski definition) is 4. The predicted molar refractivity (Wildman–Crippen MR) is 91.1 cm³/mol. The Bertz CT molecular complexity index is 674. The molecule has 1 fully saturated rings. The maximum atomic E-state index is 12.6. The molecule has 0 aliphatic carbocycles. The number of carbonyl (C=O) groups excluding carboxylic acids is 1. The lowest BCUT2D eigenvalue weighted by Gasteiger charge is -2.40. The first kappa shape index (κ1) is 15.5. The van der Waals surface area contributed by atoms with E-state index in [1.807, 2.05) is 55.1 Å². The second kappa shape index (κ2) is 6.77. The molecule has 0 spiro atoms. The van der Waals surface area contributed by atoms with Crippen molar-refractivity contribution in [3.05, 3.63) is 42.6 Å². The van der Waals surface area contributed by atoms with Crippen LogP contribution in [0.25, 0.3) is 11.4 Å². The topological polar surface area (TPSA) is 49.3 Å². The van der Waals surface area contributed by atoms with E-state index in [-0.39, 0.29) is 11.9 Å². The highest BCUT2D eigenvalue weighted by atomic mass is 16.2. The number of piperazine rings is 1. The van der Waals surface area contributed by atoms with Crippen LogP contribution < -0.4 is 4.90 Å². The van der Waals surface area contributed by atoms with Crippen molar-refractivity contribution < 1.29 is 4.79 Å². The quantitative estimate of drug-likeness (QED) is 0.871. The zero-order valence-electron chi connectivity index (χ0n) is 13.6. The fourth-order valence-electron chi connectivity index (χ4n) is 3.06. The summed E-state index contributed by atoms with van der Waals surface area (Å²) >= 11 is 0. The third-order valence-corrected chi connectivity index (χ3v) is 4.32. The van der Waals surface area contributed by atoms with Gasteiger partial charge in [-0.3, -0.25) is 4.79 Å². The third kappa shape index (κ3) is 3.04. The summed E-state index contributed by atoms with van der Waals surface area (Å²) in [7, 11) is 0. The van der Waals surface area contributed by atoms with Crippen LogP contribution in [0.4, 0.5) is 5.82 Å². The molecule has 2 heterocycles. The third-order valence-electron chi connectivity index (χ3n) is 4.32. The molecule has 5 nitrogen and oxygen atoms in total. The number of aromatic nitrogens is 2. The van der Waals surface area contributed by atoms with Gasteiger partial charge in [-0.05, 0) is 19.4 Å². The predicted octanol–water partition coefficient (Wildman–Crippen LogP) is 2.59. The van der Waals surface area contributed by atoms with E-state index in [1.165, 1.54) is 0 Å². The van der Waals surface area contributed by atoms with Crippen LogP contribution >= 0.6 is 0 Å². The Labute approximate surface area is 137 Å². The Kier molecular flexibility index (Phi) is 4.55. The highest BCUT2D eigenvalue weighted by Crippen LogP contribution is 2.23. The van der Waals surface area contributed by atoms with Gasteiger partial charge in [0.05, 0.1) is 0 Å². The Morgan fingerprint density at radius 3 is 2.61 bits per heavy atom. The minimum absolute atomic E-state index is 0.137. The number of amides is 1. The van der Waals surface area contributed by atoms with Gasteiger partial charge in [-0.15, -0.1) is 0 Å². The molecule has 1 aromatic heterocycles. The molecular formula is C18H22N4O. The van der Waals surface area contributed by atoms with Crippen molar-refractivity contribution in [2.75, 3.05) is 24.5 Å². The first-order valence-corrected chi connectivity index (χ1v) is 8.18. The van der Waals surface area contributed by atoms with Gasteiger partial charge in [0.1, 0.15) is 11.9 Å². The molecule has 0 bridgehead atoms. The van der Waals surface area contributed by atoms with Gasteiger partial charge in [-0.1, -0.05) is 37.3 Å². The van der Waals surface area contributed by atoms with E-state index in [0.29, 0.717) is 5.82 Å². The van der Waals surface area contributed by atoms with Crippen LogP contribution in [0.2, 0.25) is 0 Å². The summed E-state index contributed by atoms with van der Waals surface area (Å²) in [6, 6.07) is 11.7. The maximum absolute atomic E-state index is 12.6.